The van der Waals surface area contributed by atoms with E-state index in [1.54, 1.807) is 0 Å². The van der Waals surface area contributed by atoms with Gasteiger partial charge in [-0.15, -0.1) is 0 Å². The molecule has 0 bridgehead atoms. The molecule has 2 N–H and O–H groups in total. The summed E-state index contributed by atoms with van der Waals surface area (Å²) in [6, 6.07) is 6.77. The van der Waals surface area contributed by atoms with E-state index in [2.05, 4.69) is 55.6 Å². The molecule has 1 heterocycles. The first kappa shape index (κ1) is 14.0. The summed E-state index contributed by atoms with van der Waals surface area (Å²) in [7, 11) is 4.18. The van der Waals surface area contributed by atoms with Crippen molar-refractivity contribution in [2.45, 2.75) is 32.9 Å². The summed E-state index contributed by atoms with van der Waals surface area (Å²) >= 11 is 0. The first-order chi connectivity index (χ1) is 9.02. The Kier molecular flexibility index (Phi) is 4.22. The second-order valence-electron chi connectivity index (χ2n) is 5.57. The minimum atomic E-state index is 0.422. The Morgan fingerprint density at radius 1 is 1.32 bits per heavy atom. The highest BCUT2D eigenvalue weighted by molar-refractivity contribution is 5.77. The van der Waals surface area contributed by atoms with E-state index >= 15 is 0 Å². The predicted octanol–water partition coefficient (Wildman–Crippen LogP) is 2.18. The van der Waals surface area contributed by atoms with Gasteiger partial charge in [0.15, 0.2) is 0 Å². The van der Waals surface area contributed by atoms with Crippen LogP contribution < -0.4 is 5.73 Å². The molecule has 1 aromatic heterocycles. The SMILES string of the molecule is CC(C)n1c(CCN(C)C)nc2cc(CN)ccc21. The fourth-order valence-electron chi connectivity index (χ4n) is 2.40. The van der Waals surface area contributed by atoms with Crippen LogP contribution in [0.3, 0.4) is 0 Å². The Hall–Kier alpha value is -1.39. The third-order valence-electron chi connectivity index (χ3n) is 3.36. The molecule has 0 aliphatic heterocycles. The molecule has 1 aromatic carbocycles. The molecule has 0 unspecified atom stereocenters. The molecular formula is C15H24N4. The highest BCUT2D eigenvalue weighted by Crippen LogP contribution is 2.22. The Labute approximate surface area is 115 Å². The van der Waals surface area contributed by atoms with Crippen LogP contribution >= 0.6 is 0 Å². The van der Waals surface area contributed by atoms with Crippen molar-refractivity contribution in [1.29, 1.82) is 0 Å². The van der Waals surface area contributed by atoms with Crippen molar-refractivity contribution in [3.63, 3.8) is 0 Å². The quantitative estimate of drug-likeness (QED) is 0.896. The molecule has 2 rings (SSSR count). The standard InChI is InChI=1S/C15H24N4/c1-11(2)19-14-6-5-12(10-16)9-13(14)17-15(19)7-8-18(3)4/h5-6,9,11H,7-8,10,16H2,1-4H3. The number of nitrogens with two attached hydrogens (primary N) is 1. The predicted molar refractivity (Wildman–Crippen MR) is 80.3 cm³/mol. The number of hydrogen-bond donors (Lipinski definition) is 1. The highest BCUT2D eigenvalue weighted by Gasteiger charge is 2.13. The fraction of sp³-hybridized carbons (Fsp3) is 0.533. The number of likely N-dealkylation sites (N-methyl/N-ethyl adjacent to an activating group) is 1. The Balaban J connectivity index is 2.46. The third kappa shape index (κ3) is 2.96. The number of nitrogens with zero attached hydrogens (tertiary/aromatic N) is 3. The van der Waals surface area contributed by atoms with Crippen LogP contribution in [0.2, 0.25) is 0 Å². The monoisotopic (exact) mass is 260 g/mol. The average Bonchev–Trinajstić information content (AvgIpc) is 2.73. The molecule has 0 amide bonds. The van der Waals surface area contributed by atoms with Gasteiger partial charge in [-0.05, 0) is 45.6 Å². The van der Waals surface area contributed by atoms with Gasteiger partial charge in [-0.25, -0.2) is 4.98 Å². The lowest BCUT2D eigenvalue weighted by Crippen LogP contribution is -2.18. The molecule has 4 nitrogen and oxygen atoms in total. The van der Waals surface area contributed by atoms with Crippen molar-refractivity contribution in [3.05, 3.63) is 29.6 Å². The molecular weight excluding hydrogens is 236 g/mol. The van der Waals surface area contributed by atoms with Crippen LogP contribution in [0, 0.1) is 0 Å². The highest BCUT2D eigenvalue weighted by atomic mass is 15.1. The second-order valence-corrected chi connectivity index (χ2v) is 5.57. The van der Waals surface area contributed by atoms with Crippen LogP contribution in [0.5, 0.6) is 0 Å². The van der Waals surface area contributed by atoms with E-state index in [0.717, 1.165) is 29.9 Å². The van der Waals surface area contributed by atoms with Gasteiger partial charge in [0.1, 0.15) is 5.82 Å². The van der Waals surface area contributed by atoms with Gasteiger partial charge in [-0.2, -0.15) is 0 Å². The second kappa shape index (κ2) is 5.72. The summed E-state index contributed by atoms with van der Waals surface area (Å²) in [5.41, 5.74) is 9.11. The molecule has 0 fully saturated rings. The largest absolute Gasteiger partial charge is 0.326 e. The summed E-state index contributed by atoms with van der Waals surface area (Å²) in [6.07, 6.45) is 0.970. The lowest BCUT2D eigenvalue weighted by molar-refractivity contribution is 0.404. The number of aromatic nitrogens is 2. The minimum Gasteiger partial charge on any atom is -0.326 e. The van der Waals surface area contributed by atoms with Crippen LogP contribution in [-0.2, 0) is 13.0 Å². The lowest BCUT2D eigenvalue weighted by atomic mass is 10.2. The molecule has 0 aliphatic rings. The van der Waals surface area contributed by atoms with Crippen molar-refractivity contribution in [3.8, 4) is 0 Å². The molecule has 0 saturated carbocycles. The van der Waals surface area contributed by atoms with Crippen molar-refractivity contribution in [2.75, 3.05) is 20.6 Å². The zero-order chi connectivity index (χ0) is 14.0. The van der Waals surface area contributed by atoms with Gasteiger partial charge in [0, 0.05) is 25.6 Å². The van der Waals surface area contributed by atoms with Crippen LogP contribution in [0.25, 0.3) is 11.0 Å². The van der Waals surface area contributed by atoms with Gasteiger partial charge in [0.05, 0.1) is 11.0 Å². The summed E-state index contributed by atoms with van der Waals surface area (Å²) in [5, 5.41) is 0. The average molecular weight is 260 g/mol. The molecule has 0 saturated heterocycles. The maximum Gasteiger partial charge on any atom is 0.111 e. The zero-order valence-electron chi connectivity index (χ0n) is 12.3. The molecule has 0 aliphatic carbocycles. The van der Waals surface area contributed by atoms with Crippen LogP contribution in [0.15, 0.2) is 18.2 Å². The topological polar surface area (TPSA) is 47.1 Å². The van der Waals surface area contributed by atoms with E-state index in [1.807, 2.05) is 0 Å². The zero-order valence-corrected chi connectivity index (χ0v) is 12.3. The molecule has 104 valence electrons. The van der Waals surface area contributed by atoms with Crippen molar-refractivity contribution in [1.82, 2.24) is 14.5 Å². The maximum atomic E-state index is 5.70. The normalized spacial score (nSPS) is 11.9. The van der Waals surface area contributed by atoms with Crippen LogP contribution in [-0.4, -0.2) is 35.1 Å². The smallest absolute Gasteiger partial charge is 0.111 e. The first-order valence-corrected chi connectivity index (χ1v) is 6.87. The van der Waals surface area contributed by atoms with E-state index in [1.165, 1.54) is 5.52 Å². The van der Waals surface area contributed by atoms with E-state index in [4.69, 9.17) is 10.7 Å². The number of imidazole rings is 1. The Morgan fingerprint density at radius 2 is 2.05 bits per heavy atom. The number of fused-ring (bicyclic) bond motifs is 1. The minimum absolute atomic E-state index is 0.422. The summed E-state index contributed by atoms with van der Waals surface area (Å²) in [5.74, 6) is 1.16. The lowest BCUT2D eigenvalue weighted by Gasteiger charge is -2.15. The van der Waals surface area contributed by atoms with Crippen molar-refractivity contribution in [2.24, 2.45) is 5.73 Å². The Morgan fingerprint density at radius 3 is 2.63 bits per heavy atom. The van der Waals surface area contributed by atoms with E-state index in [9.17, 15) is 0 Å². The van der Waals surface area contributed by atoms with Gasteiger partial charge >= 0.3 is 0 Å². The summed E-state index contributed by atoms with van der Waals surface area (Å²) in [4.78, 5) is 6.99. The third-order valence-corrected chi connectivity index (χ3v) is 3.36. The first-order valence-electron chi connectivity index (χ1n) is 6.87. The Bertz CT molecular complexity index is 555. The summed E-state index contributed by atoms with van der Waals surface area (Å²) in [6.45, 7) is 5.99. The summed E-state index contributed by atoms with van der Waals surface area (Å²) < 4.78 is 2.33. The van der Waals surface area contributed by atoms with E-state index in [0.29, 0.717) is 12.6 Å². The van der Waals surface area contributed by atoms with Crippen LogP contribution in [0.1, 0.15) is 31.3 Å². The number of benzene rings is 1. The number of hydrogen-bond acceptors (Lipinski definition) is 3. The van der Waals surface area contributed by atoms with Crippen molar-refractivity contribution < 1.29 is 0 Å². The molecule has 4 heteroatoms. The van der Waals surface area contributed by atoms with E-state index in [-0.39, 0.29) is 0 Å². The molecule has 0 spiro atoms. The van der Waals surface area contributed by atoms with Crippen molar-refractivity contribution >= 4 is 11.0 Å². The van der Waals surface area contributed by atoms with Gasteiger partial charge in [-0.3, -0.25) is 0 Å². The molecule has 2 aromatic rings. The maximum absolute atomic E-state index is 5.70. The molecule has 0 radical (unpaired) electrons. The molecule has 19 heavy (non-hydrogen) atoms. The van der Waals surface area contributed by atoms with Crippen LogP contribution in [0.4, 0.5) is 0 Å². The van der Waals surface area contributed by atoms with Gasteiger partial charge in [-0.1, -0.05) is 6.07 Å². The van der Waals surface area contributed by atoms with Gasteiger partial charge < -0.3 is 15.2 Å². The number of rotatable bonds is 5. The molecule has 0 atom stereocenters. The van der Waals surface area contributed by atoms with E-state index < -0.39 is 0 Å². The van der Waals surface area contributed by atoms with Gasteiger partial charge in [0.25, 0.3) is 0 Å². The fourth-order valence-corrected chi connectivity index (χ4v) is 2.40. The van der Waals surface area contributed by atoms with Gasteiger partial charge in [0.2, 0.25) is 0 Å².